The molecule has 1 N–H and O–H groups in total. The third-order valence-electron chi connectivity index (χ3n) is 4.35. The van der Waals surface area contributed by atoms with E-state index >= 15 is 0 Å². The molecule has 3 aromatic carbocycles. The number of carbonyl (C=O) groups excluding carboxylic acids is 1. The fourth-order valence-corrected chi connectivity index (χ4v) is 2.76. The summed E-state index contributed by atoms with van der Waals surface area (Å²) in [6.07, 6.45) is 3.18. The highest BCUT2D eigenvalue weighted by molar-refractivity contribution is 6.07. The number of carboxylic acid groups (broad SMARTS) is 1. The van der Waals surface area contributed by atoms with Crippen molar-refractivity contribution in [3.05, 3.63) is 95.6 Å². The Morgan fingerprint density at radius 1 is 0.903 bits per heavy atom. The summed E-state index contributed by atoms with van der Waals surface area (Å²) in [7, 11) is 1.43. The van der Waals surface area contributed by atoms with Crippen LogP contribution in [0.3, 0.4) is 0 Å². The number of benzene rings is 3. The molecule has 0 aliphatic rings. The van der Waals surface area contributed by atoms with E-state index in [1.54, 1.807) is 12.1 Å². The Bertz CT molecular complexity index is 1060. The van der Waals surface area contributed by atoms with E-state index in [0.717, 1.165) is 16.9 Å². The zero-order chi connectivity index (χ0) is 22.1. The molecule has 3 rings (SSSR count). The molecule has 0 radical (unpaired) electrons. The number of hydrogen-bond donors (Lipinski definition) is 1. The third-order valence-corrected chi connectivity index (χ3v) is 4.35. The van der Waals surface area contributed by atoms with Gasteiger partial charge in [-0.25, -0.2) is 4.79 Å². The number of carboxylic acids is 1. The van der Waals surface area contributed by atoms with Crippen molar-refractivity contribution in [2.24, 2.45) is 0 Å². The second kappa shape index (κ2) is 10.6. The average molecular weight is 418 g/mol. The third kappa shape index (κ3) is 6.47. The molecule has 0 spiro atoms. The lowest BCUT2D eigenvalue weighted by Gasteiger charge is -2.10. The van der Waals surface area contributed by atoms with Crippen LogP contribution in [0, 0.1) is 0 Å². The van der Waals surface area contributed by atoms with Crippen LogP contribution < -0.4 is 14.2 Å². The minimum atomic E-state index is -1.10. The molecule has 0 amide bonds. The largest absolute Gasteiger partial charge is 0.493 e. The number of methoxy groups -OCH3 is 1. The van der Waals surface area contributed by atoms with Gasteiger partial charge in [0.25, 0.3) is 0 Å². The summed E-state index contributed by atoms with van der Waals surface area (Å²) in [6, 6.07) is 21.9. The first-order valence-electron chi connectivity index (χ1n) is 9.57. The molecule has 6 nitrogen and oxygen atoms in total. The first-order valence-corrected chi connectivity index (χ1v) is 9.57. The van der Waals surface area contributed by atoms with Crippen molar-refractivity contribution < 1.29 is 28.9 Å². The maximum absolute atomic E-state index is 12.5. The van der Waals surface area contributed by atoms with E-state index in [0.29, 0.717) is 17.9 Å². The van der Waals surface area contributed by atoms with Gasteiger partial charge in [-0.05, 0) is 47.5 Å². The normalized spacial score (nSPS) is 10.6. The van der Waals surface area contributed by atoms with Gasteiger partial charge in [-0.15, -0.1) is 0 Å². The number of rotatable bonds is 10. The molecule has 0 aromatic heterocycles. The molecule has 0 bridgehead atoms. The minimum absolute atomic E-state index is 0.215. The first-order chi connectivity index (χ1) is 15.0. The molecule has 0 aliphatic heterocycles. The highest BCUT2D eigenvalue weighted by Crippen LogP contribution is 2.28. The standard InChI is InChI=1S/C25H22O6/c1-29-24-15-20(10-14-23(24)31-17-25(27)28)22(26)13-9-18-7-11-21(12-8-18)30-16-19-5-3-2-4-6-19/h2-15H,16-17H2,1H3,(H,27,28)/b13-9+. The monoisotopic (exact) mass is 418 g/mol. The van der Waals surface area contributed by atoms with Crippen molar-refractivity contribution in [3.8, 4) is 17.2 Å². The van der Waals surface area contributed by atoms with Crippen molar-refractivity contribution in [2.45, 2.75) is 6.61 Å². The molecule has 158 valence electrons. The van der Waals surface area contributed by atoms with E-state index in [9.17, 15) is 9.59 Å². The predicted octanol–water partition coefficient (Wildman–Crippen LogP) is 4.63. The van der Waals surface area contributed by atoms with Crippen LogP contribution in [-0.2, 0) is 11.4 Å². The van der Waals surface area contributed by atoms with Crippen molar-refractivity contribution in [1.29, 1.82) is 0 Å². The van der Waals surface area contributed by atoms with E-state index in [1.807, 2.05) is 54.6 Å². The van der Waals surface area contributed by atoms with Crippen molar-refractivity contribution in [2.75, 3.05) is 13.7 Å². The molecule has 31 heavy (non-hydrogen) atoms. The molecule has 6 heteroatoms. The summed E-state index contributed by atoms with van der Waals surface area (Å²) in [6.45, 7) is -0.00284. The van der Waals surface area contributed by atoms with Gasteiger partial charge in [-0.3, -0.25) is 4.79 Å². The van der Waals surface area contributed by atoms with Crippen LogP contribution in [0.1, 0.15) is 21.5 Å². The van der Waals surface area contributed by atoms with Crippen LogP contribution in [0.2, 0.25) is 0 Å². The molecule has 0 saturated carbocycles. The van der Waals surface area contributed by atoms with Crippen molar-refractivity contribution in [3.63, 3.8) is 0 Å². The van der Waals surface area contributed by atoms with Gasteiger partial charge in [0, 0.05) is 5.56 Å². The van der Waals surface area contributed by atoms with Crippen LogP contribution >= 0.6 is 0 Å². The van der Waals surface area contributed by atoms with Gasteiger partial charge in [0.15, 0.2) is 23.9 Å². The van der Waals surface area contributed by atoms with E-state index in [4.69, 9.17) is 19.3 Å². The number of allylic oxidation sites excluding steroid dienone is 1. The smallest absolute Gasteiger partial charge is 0.341 e. The molecule has 0 unspecified atom stereocenters. The SMILES string of the molecule is COc1cc(C(=O)/C=C/c2ccc(OCc3ccccc3)cc2)ccc1OCC(=O)O. The number of carbonyl (C=O) groups is 2. The van der Waals surface area contributed by atoms with Crippen LogP contribution in [0.4, 0.5) is 0 Å². The van der Waals surface area contributed by atoms with Gasteiger partial charge < -0.3 is 19.3 Å². The summed E-state index contributed by atoms with van der Waals surface area (Å²) in [4.78, 5) is 23.1. The molecule has 0 heterocycles. The summed E-state index contributed by atoms with van der Waals surface area (Å²) >= 11 is 0. The van der Waals surface area contributed by atoms with Crippen molar-refractivity contribution >= 4 is 17.8 Å². The Kier molecular flexibility index (Phi) is 7.43. The van der Waals surface area contributed by atoms with Crippen LogP contribution in [0.25, 0.3) is 6.08 Å². The van der Waals surface area contributed by atoms with Crippen LogP contribution in [-0.4, -0.2) is 30.6 Å². The van der Waals surface area contributed by atoms with Gasteiger partial charge >= 0.3 is 5.97 Å². The van der Waals surface area contributed by atoms with Crippen molar-refractivity contribution in [1.82, 2.24) is 0 Å². The zero-order valence-electron chi connectivity index (χ0n) is 17.0. The van der Waals surface area contributed by atoms with E-state index in [-0.39, 0.29) is 11.5 Å². The Hall–Kier alpha value is -4.06. The summed E-state index contributed by atoms with van der Waals surface area (Å²) in [5.74, 6) is -0.0138. The van der Waals surface area contributed by atoms with E-state index in [2.05, 4.69) is 0 Å². The quantitative estimate of drug-likeness (QED) is 0.382. The fraction of sp³-hybridized carbons (Fsp3) is 0.120. The zero-order valence-corrected chi connectivity index (χ0v) is 17.0. The molecular formula is C25H22O6. The van der Waals surface area contributed by atoms with Gasteiger partial charge in [-0.1, -0.05) is 48.5 Å². The van der Waals surface area contributed by atoms with E-state index in [1.165, 1.54) is 25.3 Å². The number of hydrogen-bond acceptors (Lipinski definition) is 5. The minimum Gasteiger partial charge on any atom is -0.493 e. The van der Waals surface area contributed by atoms with Gasteiger partial charge in [-0.2, -0.15) is 0 Å². The van der Waals surface area contributed by atoms with Gasteiger partial charge in [0.2, 0.25) is 0 Å². The molecule has 3 aromatic rings. The highest BCUT2D eigenvalue weighted by atomic mass is 16.5. The van der Waals surface area contributed by atoms with E-state index < -0.39 is 12.6 Å². The maximum atomic E-state index is 12.5. The first kappa shape index (κ1) is 21.6. The second-order valence-electron chi connectivity index (χ2n) is 6.59. The Morgan fingerprint density at radius 2 is 1.65 bits per heavy atom. The lowest BCUT2D eigenvalue weighted by Crippen LogP contribution is -2.10. The number of aliphatic carboxylic acids is 1. The predicted molar refractivity (Wildman–Crippen MR) is 117 cm³/mol. The summed E-state index contributed by atoms with van der Waals surface area (Å²) in [5.41, 5.74) is 2.35. The number of ether oxygens (including phenoxy) is 3. The highest BCUT2D eigenvalue weighted by Gasteiger charge is 2.10. The molecule has 0 atom stereocenters. The second-order valence-corrected chi connectivity index (χ2v) is 6.59. The van der Waals surface area contributed by atoms with Gasteiger partial charge in [0.05, 0.1) is 7.11 Å². The number of ketones is 1. The fourth-order valence-electron chi connectivity index (χ4n) is 2.76. The lowest BCUT2D eigenvalue weighted by atomic mass is 10.1. The Balaban J connectivity index is 1.60. The lowest BCUT2D eigenvalue weighted by molar-refractivity contribution is -0.139. The van der Waals surface area contributed by atoms with Crippen LogP contribution in [0.15, 0.2) is 78.9 Å². The Labute approximate surface area is 180 Å². The summed E-state index contributed by atoms with van der Waals surface area (Å²) < 4.78 is 16.1. The molecule has 0 saturated heterocycles. The van der Waals surface area contributed by atoms with Gasteiger partial charge in [0.1, 0.15) is 12.4 Å². The summed E-state index contributed by atoms with van der Waals surface area (Å²) in [5, 5.41) is 8.72. The molecule has 0 aliphatic carbocycles. The average Bonchev–Trinajstić information content (AvgIpc) is 2.81. The maximum Gasteiger partial charge on any atom is 0.341 e. The Morgan fingerprint density at radius 3 is 2.32 bits per heavy atom. The molecular weight excluding hydrogens is 396 g/mol. The molecule has 0 fully saturated rings. The topological polar surface area (TPSA) is 82.1 Å². The van der Waals surface area contributed by atoms with Crippen LogP contribution in [0.5, 0.6) is 17.2 Å².